The van der Waals surface area contributed by atoms with Crippen molar-refractivity contribution in [3.63, 3.8) is 0 Å². The molecule has 0 N–H and O–H groups in total. The number of hydrogen-bond donors (Lipinski definition) is 0. The minimum atomic E-state index is 0.479. The molecule has 0 unspecified atom stereocenters. The molecule has 1 aromatic carbocycles. The second kappa shape index (κ2) is 18.0. The maximum Gasteiger partial charge on any atom is 0.0615 e. The van der Waals surface area contributed by atoms with Crippen molar-refractivity contribution >= 4 is 0 Å². The first-order chi connectivity index (χ1) is 18.8. The van der Waals surface area contributed by atoms with Gasteiger partial charge in [-0.2, -0.15) is 0 Å². The molecule has 5 nitrogen and oxygen atoms in total. The number of hydrogen-bond acceptors (Lipinski definition) is 5. The van der Waals surface area contributed by atoms with Crippen LogP contribution in [-0.2, 0) is 0 Å². The van der Waals surface area contributed by atoms with E-state index in [4.69, 9.17) is 0 Å². The van der Waals surface area contributed by atoms with Gasteiger partial charge in [0.1, 0.15) is 0 Å². The molecular weight excluding hydrogens is 490 g/mol. The molecule has 0 amide bonds. The zero-order valence-electron chi connectivity index (χ0n) is 26.9. The summed E-state index contributed by atoms with van der Waals surface area (Å²) in [6.45, 7) is 25.3. The predicted molar refractivity (Wildman–Crippen MR) is 170 cm³/mol. The lowest BCUT2D eigenvalue weighted by Crippen LogP contribution is -1.94. The summed E-state index contributed by atoms with van der Waals surface area (Å²) >= 11 is 0. The third-order valence-corrected chi connectivity index (χ3v) is 6.07. The average molecular weight is 542 g/mol. The van der Waals surface area contributed by atoms with E-state index in [0.717, 1.165) is 28.5 Å². The summed E-state index contributed by atoms with van der Waals surface area (Å²) in [5.74, 6) is 2.20. The Balaban J connectivity index is 0.000000267. The van der Waals surface area contributed by atoms with Gasteiger partial charge in [-0.1, -0.05) is 91.3 Å². The molecule has 0 aliphatic rings. The minimum Gasteiger partial charge on any atom is -0.261 e. The van der Waals surface area contributed by atoms with E-state index < -0.39 is 0 Å². The molecule has 4 aromatic rings. The lowest BCUT2D eigenvalue weighted by atomic mass is 10.0. The van der Waals surface area contributed by atoms with Crippen LogP contribution in [0.25, 0.3) is 0 Å². The molecule has 0 radical (unpaired) electrons. The molecule has 3 heterocycles. The van der Waals surface area contributed by atoms with Crippen LogP contribution < -0.4 is 0 Å². The maximum atomic E-state index is 4.31. The molecule has 0 saturated carbocycles. The lowest BCUT2D eigenvalue weighted by Gasteiger charge is -2.04. The first kappa shape index (κ1) is 34.6. The Kier molecular flexibility index (Phi) is 15.5. The summed E-state index contributed by atoms with van der Waals surface area (Å²) in [7, 11) is 0. The van der Waals surface area contributed by atoms with Gasteiger partial charge in [0.15, 0.2) is 0 Å². The highest BCUT2D eigenvalue weighted by atomic mass is 14.8. The molecule has 0 aliphatic carbocycles. The highest BCUT2D eigenvalue weighted by Crippen LogP contribution is 2.15. The molecule has 0 saturated heterocycles. The van der Waals surface area contributed by atoms with Crippen molar-refractivity contribution in [2.75, 3.05) is 0 Å². The van der Waals surface area contributed by atoms with Gasteiger partial charge < -0.3 is 0 Å². The van der Waals surface area contributed by atoms with Crippen molar-refractivity contribution in [3.8, 4) is 0 Å². The Morgan fingerprint density at radius 2 is 1.10 bits per heavy atom. The Bertz CT molecular complexity index is 1130. The lowest BCUT2D eigenvalue weighted by molar-refractivity contribution is 0.803. The average Bonchev–Trinajstić information content (AvgIpc) is 2.90. The van der Waals surface area contributed by atoms with Gasteiger partial charge >= 0.3 is 0 Å². The molecule has 5 heteroatoms. The van der Waals surface area contributed by atoms with Crippen LogP contribution >= 0.6 is 0 Å². The van der Waals surface area contributed by atoms with Crippen molar-refractivity contribution in [2.45, 2.75) is 107 Å². The van der Waals surface area contributed by atoms with Crippen LogP contribution in [0.1, 0.15) is 124 Å². The summed E-state index contributed by atoms with van der Waals surface area (Å²) in [6, 6.07) is 12.8. The zero-order valence-corrected chi connectivity index (χ0v) is 26.9. The van der Waals surface area contributed by atoms with E-state index >= 15 is 0 Å². The molecule has 0 fully saturated rings. The second-order valence-corrected chi connectivity index (χ2v) is 11.4. The van der Waals surface area contributed by atoms with Crippen LogP contribution in [0.2, 0.25) is 0 Å². The van der Waals surface area contributed by atoms with Gasteiger partial charge in [-0.05, 0) is 68.6 Å². The molecule has 0 atom stereocenters. The topological polar surface area (TPSA) is 64.5 Å². The van der Waals surface area contributed by atoms with Gasteiger partial charge in [0.2, 0.25) is 0 Å². The molecule has 0 bridgehead atoms. The highest BCUT2D eigenvalue weighted by Gasteiger charge is 2.00. The summed E-state index contributed by atoms with van der Waals surface area (Å²) in [6.07, 6.45) is 9.17. The smallest absolute Gasteiger partial charge is 0.0615 e. The number of aryl methyl sites for hydroxylation is 4. The van der Waals surface area contributed by atoms with Crippen molar-refractivity contribution in [1.29, 1.82) is 0 Å². The minimum absolute atomic E-state index is 0.479. The zero-order chi connectivity index (χ0) is 30.2. The summed E-state index contributed by atoms with van der Waals surface area (Å²) in [5.41, 5.74) is 9.28. The van der Waals surface area contributed by atoms with E-state index in [1.807, 2.05) is 39.4 Å². The van der Waals surface area contributed by atoms with Crippen LogP contribution in [0.5, 0.6) is 0 Å². The van der Waals surface area contributed by atoms with Gasteiger partial charge in [-0.25, -0.2) is 0 Å². The van der Waals surface area contributed by atoms with Gasteiger partial charge in [0.05, 0.1) is 22.8 Å². The van der Waals surface area contributed by atoms with Crippen molar-refractivity contribution in [1.82, 2.24) is 24.9 Å². The van der Waals surface area contributed by atoms with E-state index in [2.05, 4.69) is 124 Å². The number of pyridine rings is 1. The number of nitrogens with zero attached hydrogens (tertiary/aromatic N) is 5. The van der Waals surface area contributed by atoms with E-state index in [0.29, 0.717) is 23.7 Å². The van der Waals surface area contributed by atoms with E-state index in [1.165, 1.54) is 16.7 Å². The Morgan fingerprint density at radius 3 is 1.50 bits per heavy atom. The number of rotatable bonds is 4. The first-order valence-electron chi connectivity index (χ1n) is 14.4. The largest absolute Gasteiger partial charge is 0.261 e. The fourth-order valence-electron chi connectivity index (χ4n) is 3.31. The van der Waals surface area contributed by atoms with Crippen LogP contribution in [0.4, 0.5) is 0 Å². The van der Waals surface area contributed by atoms with Gasteiger partial charge in [0, 0.05) is 36.7 Å². The molecule has 4 rings (SSSR count). The van der Waals surface area contributed by atoms with Gasteiger partial charge in [0.25, 0.3) is 0 Å². The first-order valence-corrected chi connectivity index (χ1v) is 14.4. The Morgan fingerprint density at radius 1 is 0.475 bits per heavy atom. The molecule has 216 valence electrons. The molecule has 40 heavy (non-hydrogen) atoms. The van der Waals surface area contributed by atoms with Gasteiger partial charge in [-0.3, -0.25) is 24.9 Å². The normalized spacial score (nSPS) is 10.4. The van der Waals surface area contributed by atoms with Crippen molar-refractivity contribution in [3.05, 3.63) is 113 Å². The third-order valence-electron chi connectivity index (χ3n) is 6.07. The quantitative estimate of drug-likeness (QED) is 0.257. The number of aromatic nitrogens is 5. The van der Waals surface area contributed by atoms with Crippen molar-refractivity contribution < 1.29 is 0 Å². The summed E-state index contributed by atoms with van der Waals surface area (Å²) in [4.78, 5) is 20.9. The Labute approximate surface area is 244 Å². The van der Waals surface area contributed by atoms with E-state index in [1.54, 1.807) is 12.4 Å². The monoisotopic (exact) mass is 541 g/mol. The van der Waals surface area contributed by atoms with Gasteiger partial charge in [-0.15, -0.1) is 0 Å². The number of benzene rings is 1. The SMILES string of the molecule is Cc1ccc(C(C)C)cn1.Cc1cccc(C(C)C)c1.Cc1cnc(C(C)C)cn1.Cc1cncc(C(C)C)n1. The van der Waals surface area contributed by atoms with Crippen LogP contribution in [-0.4, -0.2) is 24.9 Å². The van der Waals surface area contributed by atoms with Crippen LogP contribution in [0, 0.1) is 27.7 Å². The summed E-state index contributed by atoms with van der Waals surface area (Å²) < 4.78 is 0. The predicted octanol–water partition coefficient (Wildman–Crippen LogP) is 9.45. The van der Waals surface area contributed by atoms with Crippen LogP contribution in [0.3, 0.4) is 0 Å². The standard InChI is InChI=1S/C10H14.C9H13N.2C8H12N2/c1-8(2)10-6-4-5-9(3)7-10;1-7(2)9-5-4-8(3)10-6-9;1-6(2)8-5-9-7(3)4-10-8;1-6(2)8-5-9-4-7(3)10-8/h4-8H,1-3H3;4-7H,1-3H3;2*4-6H,1-3H3. The van der Waals surface area contributed by atoms with Crippen molar-refractivity contribution in [2.24, 2.45) is 0 Å². The highest BCUT2D eigenvalue weighted by molar-refractivity contribution is 5.24. The summed E-state index contributed by atoms with van der Waals surface area (Å²) in [5, 5.41) is 0. The molecule has 3 aromatic heterocycles. The Hall–Kier alpha value is -3.47. The molecule has 0 spiro atoms. The fraction of sp³-hybridized carbons (Fsp3) is 0.457. The molecule has 0 aliphatic heterocycles. The fourth-order valence-corrected chi connectivity index (χ4v) is 3.31. The van der Waals surface area contributed by atoms with Crippen LogP contribution in [0.15, 0.2) is 67.4 Å². The van der Waals surface area contributed by atoms with E-state index in [9.17, 15) is 0 Å². The van der Waals surface area contributed by atoms with E-state index in [-0.39, 0.29) is 0 Å². The third kappa shape index (κ3) is 14.1. The molecular formula is C35H51N5. The second-order valence-electron chi connectivity index (χ2n) is 11.4. The maximum absolute atomic E-state index is 4.31.